The van der Waals surface area contributed by atoms with E-state index in [2.05, 4.69) is 9.88 Å². The average molecular weight is 338 g/mol. The third-order valence-electron chi connectivity index (χ3n) is 2.49. The second kappa shape index (κ2) is 5.04. The lowest BCUT2D eigenvalue weighted by atomic mass is 10.3. The van der Waals surface area contributed by atoms with Crippen molar-refractivity contribution in [1.29, 1.82) is 0 Å². The Balaban J connectivity index is 2.38. The van der Waals surface area contributed by atoms with Crippen molar-refractivity contribution in [3.63, 3.8) is 0 Å². The fourth-order valence-electron chi connectivity index (χ4n) is 1.28. The zero-order valence-corrected chi connectivity index (χ0v) is 12.6. The highest BCUT2D eigenvalue weighted by molar-refractivity contribution is 7.94. The Morgan fingerprint density at radius 1 is 1.50 bits per heavy atom. The summed E-state index contributed by atoms with van der Waals surface area (Å²) in [5, 5.41) is 14.3. The number of rotatable bonds is 4. The van der Waals surface area contributed by atoms with Crippen LogP contribution in [0.15, 0.2) is 14.8 Å². The van der Waals surface area contributed by atoms with Crippen LogP contribution in [0.2, 0.25) is 4.34 Å². The van der Waals surface area contributed by atoms with Crippen molar-refractivity contribution in [3.05, 3.63) is 31.8 Å². The molecule has 0 amide bonds. The van der Waals surface area contributed by atoms with Crippen LogP contribution in [0.3, 0.4) is 0 Å². The van der Waals surface area contributed by atoms with Gasteiger partial charge in [0.05, 0.1) is 10.6 Å². The van der Waals surface area contributed by atoms with Gasteiger partial charge in [-0.05, 0) is 13.8 Å². The maximum absolute atomic E-state index is 12.1. The van der Waals surface area contributed by atoms with Crippen molar-refractivity contribution in [1.82, 2.24) is 5.16 Å². The molecular formula is C9H8ClN3O5S2. The van der Waals surface area contributed by atoms with Crippen LogP contribution in [0.25, 0.3) is 0 Å². The largest absolute Gasteiger partial charge is 0.337 e. The third kappa shape index (κ3) is 2.62. The SMILES string of the molecule is Cc1noc(NS(=O)(=O)c2cc([N+](=O)[O-])c(Cl)s2)c1C. The molecule has 1 N–H and O–H groups in total. The van der Waals surface area contributed by atoms with Crippen LogP contribution < -0.4 is 4.72 Å². The first-order valence-corrected chi connectivity index (χ1v) is 7.79. The van der Waals surface area contributed by atoms with E-state index in [1.807, 2.05) is 0 Å². The molecule has 8 nitrogen and oxygen atoms in total. The molecule has 2 heterocycles. The Kier molecular flexibility index (Phi) is 3.71. The Labute approximate surface area is 122 Å². The number of aromatic nitrogens is 1. The molecule has 20 heavy (non-hydrogen) atoms. The Hall–Kier alpha value is -1.65. The Bertz CT molecular complexity index is 780. The van der Waals surface area contributed by atoms with E-state index in [0.717, 1.165) is 6.07 Å². The molecule has 0 fully saturated rings. The van der Waals surface area contributed by atoms with Gasteiger partial charge in [-0.15, -0.1) is 11.3 Å². The normalized spacial score (nSPS) is 11.6. The van der Waals surface area contributed by atoms with Gasteiger partial charge in [0, 0.05) is 11.6 Å². The van der Waals surface area contributed by atoms with E-state index in [1.165, 1.54) is 0 Å². The minimum absolute atomic E-state index is 0.0327. The molecule has 0 atom stereocenters. The molecule has 0 bridgehead atoms. The van der Waals surface area contributed by atoms with Gasteiger partial charge in [0.15, 0.2) is 4.34 Å². The van der Waals surface area contributed by atoms with Crippen LogP contribution in [-0.2, 0) is 10.0 Å². The summed E-state index contributed by atoms with van der Waals surface area (Å²) in [6, 6.07) is 0.897. The molecule has 0 spiro atoms. The van der Waals surface area contributed by atoms with E-state index in [9.17, 15) is 18.5 Å². The van der Waals surface area contributed by atoms with Crippen molar-refractivity contribution >= 4 is 44.5 Å². The predicted molar refractivity (Wildman–Crippen MR) is 72.8 cm³/mol. The van der Waals surface area contributed by atoms with Gasteiger partial charge in [0.1, 0.15) is 4.21 Å². The Morgan fingerprint density at radius 3 is 2.60 bits per heavy atom. The summed E-state index contributed by atoms with van der Waals surface area (Å²) >= 11 is 6.23. The second-order valence-electron chi connectivity index (χ2n) is 3.81. The quantitative estimate of drug-likeness (QED) is 0.677. The summed E-state index contributed by atoms with van der Waals surface area (Å²) in [4.78, 5) is 9.91. The van der Waals surface area contributed by atoms with Gasteiger partial charge >= 0.3 is 0 Å². The summed E-state index contributed by atoms with van der Waals surface area (Å²) in [6.45, 7) is 3.29. The van der Waals surface area contributed by atoms with Crippen LogP contribution in [0.4, 0.5) is 11.6 Å². The number of hydrogen-bond donors (Lipinski definition) is 1. The summed E-state index contributed by atoms with van der Waals surface area (Å²) in [6.07, 6.45) is 0. The van der Waals surface area contributed by atoms with Gasteiger partial charge in [-0.1, -0.05) is 16.8 Å². The molecule has 0 saturated carbocycles. The van der Waals surface area contributed by atoms with Crippen molar-refractivity contribution in [3.8, 4) is 0 Å². The standard InChI is InChI=1S/C9H8ClN3O5S2/c1-4-5(2)11-18-9(4)12-20(16,17)7-3-6(13(14)15)8(10)19-7/h3,12H,1-2H3. The van der Waals surface area contributed by atoms with E-state index in [4.69, 9.17) is 16.1 Å². The molecule has 0 saturated heterocycles. The minimum atomic E-state index is -4.01. The number of nitro groups is 1. The summed E-state index contributed by atoms with van der Waals surface area (Å²) in [5.41, 5.74) is 0.617. The highest BCUT2D eigenvalue weighted by Crippen LogP contribution is 2.37. The molecule has 0 aliphatic carbocycles. The van der Waals surface area contributed by atoms with Crippen molar-refractivity contribution in [2.75, 3.05) is 4.72 Å². The molecule has 0 aliphatic rings. The molecule has 0 aromatic carbocycles. The van der Waals surface area contributed by atoms with Crippen molar-refractivity contribution < 1.29 is 17.9 Å². The fourth-order valence-corrected chi connectivity index (χ4v) is 3.99. The van der Waals surface area contributed by atoms with E-state index in [0.29, 0.717) is 22.6 Å². The highest BCUT2D eigenvalue weighted by Gasteiger charge is 2.27. The highest BCUT2D eigenvalue weighted by atomic mass is 35.5. The van der Waals surface area contributed by atoms with Crippen molar-refractivity contribution in [2.45, 2.75) is 18.1 Å². The lowest BCUT2D eigenvalue weighted by Crippen LogP contribution is -2.11. The van der Waals surface area contributed by atoms with Crippen LogP contribution >= 0.6 is 22.9 Å². The van der Waals surface area contributed by atoms with Crippen LogP contribution in [0.5, 0.6) is 0 Å². The molecule has 108 valence electrons. The first kappa shape index (κ1) is 14.8. The van der Waals surface area contributed by atoms with Gasteiger partial charge in [-0.25, -0.2) is 13.1 Å². The lowest BCUT2D eigenvalue weighted by molar-refractivity contribution is -0.384. The van der Waals surface area contributed by atoms with Gasteiger partial charge in [0.25, 0.3) is 15.7 Å². The fraction of sp³-hybridized carbons (Fsp3) is 0.222. The van der Waals surface area contributed by atoms with E-state index >= 15 is 0 Å². The molecule has 2 aromatic rings. The lowest BCUT2D eigenvalue weighted by Gasteiger charge is -2.02. The maximum atomic E-state index is 12.1. The number of sulfonamides is 1. The molecule has 11 heteroatoms. The monoisotopic (exact) mass is 337 g/mol. The molecule has 2 aromatic heterocycles. The van der Waals surface area contributed by atoms with E-state index < -0.39 is 20.6 Å². The summed E-state index contributed by atoms with van der Waals surface area (Å²) in [5.74, 6) is -0.0327. The van der Waals surface area contributed by atoms with Gasteiger partial charge in [-0.2, -0.15) is 0 Å². The van der Waals surface area contributed by atoms with Gasteiger partial charge in [-0.3, -0.25) is 10.1 Å². The molecule has 0 unspecified atom stereocenters. The van der Waals surface area contributed by atoms with Crippen molar-refractivity contribution in [2.24, 2.45) is 0 Å². The molecule has 0 aliphatic heterocycles. The number of halogens is 1. The van der Waals surface area contributed by atoms with E-state index in [1.54, 1.807) is 13.8 Å². The summed E-state index contributed by atoms with van der Waals surface area (Å²) in [7, 11) is -4.01. The van der Waals surface area contributed by atoms with Crippen LogP contribution in [0, 0.1) is 24.0 Å². The third-order valence-corrected chi connectivity index (χ3v) is 5.63. The van der Waals surface area contributed by atoms with Crippen LogP contribution in [0.1, 0.15) is 11.3 Å². The predicted octanol–water partition coefficient (Wildman–Crippen LogP) is 2.72. The zero-order valence-electron chi connectivity index (χ0n) is 10.2. The second-order valence-corrected chi connectivity index (χ2v) is 7.37. The number of nitrogens with zero attached hydrogens (tertiary/aromatic N) is 2. The maximum Gasteiger partial charge on any atom is 0.300 e. The van der Waals surface area contributed by atoms with Gasteiger partial charge in [0.2, 0.25) is 5.88 Å². The first-order chi connectivity index (χ1) is 9.22. The summed E-state index contributed by atoms with van der Waals surface area (Å²) < 4.78 is 30.7. The minimum Gasteiger partial charge on any atom is -0.337 e. The molecular weight excluding hydrogens is 330 g/mol. The average Bonchev–Trinajstić information content (AvgIpc) is 2.87. The topological polar surface area (TPSA) is 115 Å². The number of anilines is 1. The van der Waals surface area contributed by atoms with E-state index in [-0.39, 0.29) is 14.4 Å². The van der Waals surface area contributed by atoms with Gasteiger partial charge < -0.3 is 4.52 Å². The first-order valence-electron chi connectivity index (χ1n) is 5.12. The molecule has 0 radical (unpaired) electrons. The zero-order chi connectivity index (χ0) is 15.1. The number of hydrogen-bond acceptors (Lipinski definition) is 7. The van der Waals surface area contributed by atoms with Crippen LogP contribution in [-0.4, -0.2) is 18.5 Å². The molecule has 2 rings (SSSR count). The number of nitrogens with one attached hydrogen (secondary N) is 1. The number of aryl methyl sites for hydroxylation is 1. The Morgan fingerprint density at radius 2 is 2.15 bits per heavy atom. The smallest absolute Gasteiger partial charge is 0.300 e. The number of thiophene rings is 1.